The topological polar surface area (TPSA) is 69.2 Å². The second-order valence-electron chi connectivity index (χ2n) is 4.17. The lowest BCUT2D eigenvalue weighted by Crippen LogP contribution is -2.17. The van der Waals surface area contributed by atoms with E-state index in [9.17, 15) is 0 Å². The van der Waals surface area contributed by atoms with Gasteiger partial charge >= 0.3 is 12.0 Å². The predicted molar refractivity (Wildman–Crippen MR) is 70.2 cm³/mol. The van der Waals surface area contributed by atoms with E-state index in [4.69, 9.17) is 9.47 Å². The van der Waals surface area contributed by atoms with Gasteiger partial charge in [0.25, 0.3) is 0 Å². The maximum absolute atomic E-state index is 5.00. The van der Waals surface area contributed by atoms with E-state index in [2.05, 4.69) is 34.1 Å². The number of unbranched alkanes of at least 4 members (excludes halogenated alkanes) is 2. The minimum Gasteiger partial charge on any atom is -0.467 e. The summed E-state index contributed by atoms with van der Waals surface area (Å²) in [5.41, 5.74) is 0. The molecule has 1 unspecified atom stereocenters. The van der Waals surface area contributed by atoms with Gasteiger partial charge < -0.3 is 14.8 Å². The van der Waals surface area contributed by atoms with Crippen LogP contribution in [-0.4, -0.2) is 35.2 Å². The molecular weight excluding hydrogens is 232 g/mol. The van der Waals surface area contributed by atoms with Gasteiger partial charge in [-0.1, -0.05) is 26.2 Å². The molecule has 1 aromatic heterocycles. The third-order valence-electron chi connectivity index (χ3n) is 2.58. The Hall–Kier alpha value is -1.59. The molecule has 18 heavy (non-hydrogen) atoms. The van der Waals surface area contributed by atoms with Crippen LogP contribution in [0, 0.1) is 0 Å². The Morgan fingerprint density at radius 2 is 1.67 bits per heavy atom. The maximum atomic E-state index is 5.00. The van der Waals surface area contributed by atoms with Crippen LogP contribution in [0.5, 0.6) is 12.0 Å². The summed E-state index contributed by atoms with van der Waals surface area (Å²) in [7, 11) is 3.03. The highest BCUT2D eigenvalue weighted by Gasteiger charge is 2.09. The van der Waals surface area contributed by atoms with Crippen LogP contribution in [0.4, 0.5) is 5.95 Å². The van der Waals surface area contributed by atoms with Gasteiger partial charge in [0.2, 0.25) is 5.95 Å². The standard InChI is InChI=1S/C12H22N4O2/c1-5-6-7-8-9(2)13-10-14-11(17-3)16-12(15-10)18-4/h9H,5-8H2,1-4H3,(H,13,14,15,16). The Morgan fingerprint density at radius 1 is 1.06 bits per heavy atom. The maximum Gasteiger partial charge on any atom is 0.324 e. The molecule has 0 saturated heterocycles. The number of anilines is 1. The number of ether oxygens (including phenoxy) is 2. The van der Waals surface area contributed by atoms with Crippen molar-refractivity contribution in [3.63, 3.8) is 0 Å². The van der Waals surface area contributed by atoms with Crippen molar-refractivity contribution in [1.29, 1.82) is 0 Å². The summed E-state index contributed by atoms with van der Waals surface area (Å²) in [5, 5.41) is 3.23. The minimum absolute atomic E-state index is 0.255. The third-order valence-corrected chi connectivity index (χ3v) is 2.58. The molecule has 1 atom stereocenters. The van der Waals surface area contributed by atoms with Crippen molar-refractivity contribution in [2.75, 3.05) is 19.5 Å². The zero-order valence-corrected chi connectivity index (χ0v) is 11.6. The van der Waals surface area contributed by atoms with Crippen LogP contribution in [0.25, 0.3) is 0 Å². The van der Waals surface area contributed by atoms with Gasteiger partial charge in [-0.25, -0.2) is 0 Å². The summed E-state index contributed by atoms with van der Waals surface area (Å²) in [6.45, 7) is 4.30. The van der Waals surface area contributed by atoms with Gasteiger partial charge in [-0.05, 0) is 13.3 Å². The van der Waals surface area contributed by atoms with E-state index in [1.165, 1.54) is 33.5 Å². The minimum atomic E-state index is 0.255. The van der Waals surface area contributed by atoms with E-state index >= 15 is 0 Å². The highest BCUT2D eigenvalue weighted by atomic mass is 16.5. The van der Waals surface area contributed by atoms with Gasteiger partial charge in [-0.2, -0.15) is 9.97 Å². The van der Waals surface area contributed by atoms with Crippen molar-refractivity contribution in [3.05, 3.63) is 0 Å². The van der Waals surface area contributed by atoms with Crippen LogP contribution in [-0.2, 0) is 0 Å². The first-order chi connectivity index (χ1) is 8.69. The molecule has 0 aliphatic rings. The van der Waals surface area contributed by atoms with E-state index in [1.54, 1.807) is 0 Å². The number of rotatable bonds is 8. The van der Waals surface area contributed by atoms with E-state index < -0.39 is 0 Å². The molecule has 0 fully saturated rings. The van der Waals surface area contributed by atoms with Gasteiger partial charge in [0, 0.05) is 6.04 Å². The molecule has 1 rings (SSSR count). The van der Waals surface area contributed by atoms with Gasteiger partial charge in [0.1, 0.15) is 0 Å². The molecular formula is C12H22N4O2. The van der Waals surface area contributed by atoms with Crippen molar-refractivity contribution in [1.82, 2.24) is 15.0 Å². The van der Waals surface area contributed by atoms with Crippen molar-refractivity contribution >= 4 is 5.95 Å². The molecule has 6 heteroatoms. The van der Waals surface area contributed by atoms with E-state index in [0.29, 0.717) is 12.0 Å². The number of hydrogen-bond donors (Lipinski definition) is 1. The van der Waals surface area contributed by atoms with Crippen molar-refractivity contribution in [2.24, 2.45) is 0 Å². The van der Waals surface area contributed by atoms with Gasteiger partial charge in [0.15, 0.2) is 0 Å². The summed E-state index contributed by atoms with van der Waals surface area (Å²) in [6, 6.07) is 0.823. The van der Waals surface area contributed by atoms with Crippen LogP contribution < -0.4 is 14.8 Å². The van der Waals surface area contributed by atoms with Gasteiger partial charge in [-0.3, -0.25) is 0 Å². The lowest BCUT2D eigenvalue weighted by molar-refractivity contribution is 0.341. The molecule has 0 aromatic carbocycles. The smallest absolute Gasteiger partial charge is 0.324 e. The highest BCUT2D eigenvalue weighted by Crippen LogP contribution is 2.14. The molecule has 0 radical (unpaired) electrons. The van der Waals surface area contributed by atoms with Crippen LogP contribution in [0.2, 0.25) is 0 Å². The largest absolute Gasteiger partial charge is 0.467 e. The average molecular weight is 254 g/mol. The average Bonchev–Trinajstić information content (AvgIpc) is 2.38. The molecule has 0 bridgehead atoms. The second-order valence-corrected chi connectivity index (χ2v) is 4.17. The molecule has 0 saturated carbocycles. The second kappa shape index (κ2) is 7.68. The molecule has 0 amide bonds. The Balaban J connectivity index is 2.59. The van der Waals surface area contributed by atoms with Crippen molar-refractivity contribution < 1.29 is 9.47 Å². The summed E-state index contributed by atoms with van der Waals surface area (Å²) in [4.78, 5) is 12.2. The van der Waals surface area contributed by atoms with Crippen LogP contribution in [0.15, 0.2) is 0 Å². The van der Waals surface area contributed by atoms with Gasteiger partial charge in [0.05, 0.1) is 14.2 Å². The fourth-order valence-corrected chi connectivity index (χ4v) is 1.58. The first kappa shape index (κ1) is 14.5. The third kappa shape index (κ3) is 4.73. The quantitative estimate of drug-likeness (QED) is 0.718. The fourth-order valence-electron chi connectivity index (χ4n) is 1.58. The summed E-state index contributed by atoms with van der Waals surface area (Å²) in [6.07, 6.45) is 4.75. The molecule has 102 valence electrons. The molecule has 0 spiro atoms. The lowest BCUT2D eigenvalue weighted by Gasteiger charge is -2.14. The number of methoxy groups -OCH3 is 2. The van der Waals surface area contributed by atoms with E-state index in [1.807, 2.05) is 0 Å². The lowest BCUT2D eigenvalue weighted by atomic mass is 10.1. The normalized spacial score (nSPS) is 12.0. The number of nitrogens with zero attached hydrogens (tertiary/aromatic N) is 3. The Morgan fingerprint density at radius 3 is 2.17 bits per heavy atom. The summed E-state index contributed by atoms with van der Waals surface area (Å²) < 4.78 is 9.99. The summed E-state index contributed by atoms with van der Waals surface area (Å²) in [5.74, 6) is 0.489. The Bertz CT molecular complexity index is 338. The van der Waals surface area contributed by atoms with Crippen molar-refractivity contribution in [3.8, 4) is 12.0 Å². The SMILES string of the molecule is CCCCCC(C)Nc1nc(OC)nc(OC)n1. The van der Waals surface area contributed by atoms with Gasteiger partial charge in [-0.15, -0.1) is 4.98 Å². The van der Waals surface area contributed by atoms with Crippen LogP contribution in [0.1, 0.15) is 39.5 Å². The summed E-state index contributed by atoms with van der Waals surface area (Å²) >= 11 is 0. The molecule has 1 heterocycles. The number of aromatic nitrogens is 3. The monoisotopic (exact) mass is 254 g/mol. The number of hydrogen-bond acceptors (Lipinski definition) is 6. The zero-order chi connectivity index (χ0) is 13.4. The first-order valence-electron chi connectivity index (χ1n) is 6.30. The fraction of sp³-hybridized carbons (Fsp3) is 0.750. The predicted octanol–water partition coefficient (Wildman–Crippen LogP) is 2.27. The van der Waals surface area contributed by atoms with Crippen LogP contribution >= 0.6 is 0 Å². The van der Waals surface area contributed by atoms with Crippen LogP contribution in [0.3, 0.4) is 0 Å². The highest BCUT2D eigenvalue weighted by molar-refractivity contribution is 5.28. The number of nitrogens with one attached hydrogen (secondary N) is 1. The van der Waals surface area contributed by atoms with E-state index in [-0.39, 0.29) is 12.0 Å². The molecule has 0 aliphatic carbocycles. The Labute approximate surface area is 108 Å². The molecule has 6 nitrogen and oxygen atoms in total. The Kier molecular flexibility index (Phi) is 6.18. The molecule has 1 N–H and O–H groups in total. The van der Waals surface area contributed by atoms with Crippen molar-refractivity contribution in [2.45, 2.75) is 45.6 Å². The molecule has 1 aromatic rings. The molecule has 0 aliphatic heterocycles. The zero-order valence-electron chi connectivity index (χ0n) is 11.6. The van der Waals surface area contributed by atoms with E-state index in [0.717, 1.165) is 6.42 Å². The first-order valence-corrected chi connectivity index (χ1v) is 6.30.